The van der Waals surface area contributed by atoms with E-state index < -0.39 is 5.91 Å². The van der Waals surface area contributed by atoms with Gasteiger partial charge >= 0.3 is 0 Å². The highest BCUT2D eigenvalue weighted by Gasteiger charge is 2.39. The van der Waals surface area contributed by atoms with Gasteiger partial charge in [-0.1, -0.05) is 20.8 Å². The van der Waals surface area contributed by atoms with Gasteiger partial charge in [-0.05, 0) is 30.7 Å². The van der Waals surface area contributed by atoms with Gasteiger partial charge in [-0.15, -0.1) is 0 Å². The van der Waals surface area contributed by atoms with Gasteiger partial charge in [0.15, 0.2) is 5.65 Å². The largest absolute Gasteiger partial charge is 0.365 e. The molecule has 0 bridgehead atoms. The minimum absolute atomic E-state index is 0.0564. The van der Waals surface area contributed by atoms with E-state index in [1.165, 1.54) is 16.9 Å². The van der Waals surface area contributed by atoms with E-state index in [-0.39, 0.29) is 22.9 Å². The van der Waals surface area contributed by atoms with Crippen LogP contribution in [0.3, 0.4) is 0 Å². The fourth-order valence-corrected chi connectivity index (χ4v) is 3.43. The predicted octanol–water partition coefficient (Wildman–Crippen LogP) is 1.87. The first-order valence-corrected chi connectivity index (χ1v) is 8.30. The van der Waals surface area contributed by atoms with Crippen LogP contribution in [0.25, 0.3) is 5.65 Å². The summed E-state index contributed by atoms with van der Waals surface area (Å²) in [5.41, 5.74) is 6.34. The van der Waals surface area contributed by atoms with Crippen molar-refractivity contribution >= 4 is 17.5 Å². The molecular weight excluding hydrogens is 306 g/mol. The summed E-state index contributed by atoms with van der Waals surface area (Å²) in [5.74, 6) is -0.682. The van der Waals surface area contributed by atoms with Gasteiger partial charge in [0, 0.05) is 18.8 Å². The highest BCUT2D eigenvalue weighted by atomic mass is 16.2. The minimum atomic E-state index is -0.603. The number of carbonyl (C=O) groups excluding carboxylic acids is 2. The fraction of sp³-hybridized carbons (Fsp3) is 0.529. The van der Waals surface area contributed by atoms with Crippen LogP contribution in [-0.4, -0.2) is 43.9 Å². The molecule has 0 saturated carbocycles. The predicted molar refractivity (Wildman–Crippen MR) is 89.6 cm³/mol. The Balaban J connectivity index is 2.01. The van der Waals surface area contributed by atoms with Gasteiger partial charge in [-0.25, -0.2) is 9.50 Å². The highest BCUT2D eigenvalue weighted by Crippen LogP contribution is 2.36. The quantitative estimate of drug-likeness (QED) is 0.926. The number of nitrogens with two attached hydrogens (primary N) is 1. The Hall–Kier alpha value is -2.44. The number of primary amides is 1. The Labute approximate surface area is 140 Å². The molecular formula is C17H23N5O2. The maximum atomic E-state index is 13.1. The van der Waals surface area contributed by atoms with Crippen LogP contribution in [-0.2, 0) is 0 Å². The third-order valence-corrected chi connectivity index (χ3v) is 5.21. The molecule has 0 radical (unpaired) electrons. The molecule has 2 N–H and O–H groups in total. The molecule has 0 aromatic carbocycles. The fourth-order valence-electron chi connectivity index (χ4n) is 3.43. The standard InChI is InChI=1S/C17H23N5O2/c1-4-17(2,3)13-6-5-9-21(13)16(24)12-7-8-19-15-11(14(18)23)10-20-22(12)15/h7-8,10,13H,4-6,9H2,1-3H3,(H2,18,23)/t13-/m0/s1. The Bertz CT molecular complexity index is 795. The number of aromatic nitrogens is 3. The van der Waals surface area contributed by atoms with Crippen LogP contribution in [0, 0.1) is 5.41 Å². The molecule has 0 unspecified atom stereocenters. The summed E-state index contributed by atoms with van der Waals surface area (Å²) >= 11 is 0. The highest BCUT2D eigenvalue weighted by molar-refractivity contribution is 6.00. The van der Waals surface area contributed by atoms with Crippen LogP contribution in [0.2, 0.25) is 0 Å². The van der Waals surface area contributed by atoms with Crippen molar-refractivity contribution in [2.45, 2.75) is 46.1 Å². The second kappa shape index (κ2) is 5.89. The zero-order valence-corrected chi connectivity index (χ0v) is 14.3. The molecule has 0 spiro atoms. The number of carbonyl (C=O) groups is 2. The van der Waals surface area contributed by atoms with Crippen molar-refractivity contribution in [3.8, 4) is 0 Å². The second-order valence-electron chi connectivity index (χ2n) is 6.99. The van der Waals surface area contributed by atoms with Crippen molar-refractivity contribution in [3.05, 3.63) is 29.7 Å². The number of likely N-dealkylation sites (tertiary alicyclic amines) is 1. The van der Waals surface area contributed by atoms with E-state index in [4.69, 9.17) is 5.73 Å². The van der Waals surface area contributed by atoms with Crippen molar-refractivity contribution in [1.29, 1.82) is 0 Å². The van der Waals surface area contributed by atoms with Crippen LogP contribution in [0.4, 0.5) is 0 Å². The van der Waals surface area contributed by atoms with Crippen molar-refractivity contribution in [2.75, 3.05) is 6.54 Å². The van der Waals surface area contributed by atoms with E-state index in [1.807, 2.05) is 4.90 Å². The van der Waals surface area contributed by atoms with Crippen molar-refractivity contribution in [3.63, 3.8) is 0 Å². The summed E-state index contributed by atoms with van der Waals surface area (Å²) in [6.07, 6.45) is 5.89. The molecule has 128 valence electrons. The first-order chi connectivity index (χ1) is 11.4. The van der Waals surface area contributed by atoms with Gasteiger partial charge in [0.2, 0.25) is 0 Å². The van der Waals surface area contributed by atoms with E-state index in [0.29, 0.717) is 11.3 Å². The molecule has 7 heteroatoms. The smallest absolute Gasteiger partial charge is 0.272 e. The molecule has 1 aliphatic rings. The number of fused-ring (bicyclic) bond motifs is 1. The summed E-state index contributed by atoms with van der Waals surface area (Å²) < 4.78 is 1.41. The van der Waals surface area contributed by atoms with Gasteiger partial charge in [-0.3, -0.25) is 9.59 Å². The van der Waals surface area contributed by atoms with Crippen molar-refractivity contribution < 1.29 is 9.59 Å². The van der Waals surface area contributed by atoms with Gasteiger partial charge in [0.25, 0.3) is 11.8 Å². The Morgan fingerprint density at radius 3 is 2.83 bits per heavy atom. The average molecular weight is 329 g/mol. The first kappa shape index (κ1) is 16.4. The van der Waals surface area contributed by atoms with E-state index in [9.17, 15) is 9.59 Å². The monoisotopic (exact) mass is 329 g/mol. The molecule has 1 fully saturated rings. The summed E-state index contributed by atoms with van der Waals surface area (Å²) in [5, 5.41) is 4.15. The number of nitrogens with zero attached hydrogens (tertiary/aromatic N) is 4. The molecule has 1 aliphatic heterocycles. The number of amides is 2. The Morgan fingerprint density at radius 2 is 2.17 bits per heavy atom. The molecule has 7 nitrogen and oxygen atoms in total. The molecule has 0 aliphatic carbocycles. The van der Waals surface area contributed by atoms with Crippen LogP contribution in [0.15, 0.2) is 18.5 Å². The molecule has 2 aromatic heterocycles. The maximum absolute atomic E-state index is 13.1. The summed E-state index contributed by atoms with van der Waals surface area (Å²) in [6, 6.07) is 1.84. The summed E-state index contributed by atoms with van der Waals surface area (Å²) in [4.78, 5) is 30.7. The van der Waals surface area contributed by atoms with Gasteiger partial charge in [-0.2, -0.15) is 5.10 Å². The number of hydrogen-bond donors (Lipinski definition) is 1. The van der Waals surface area contributed by atoms with Crippen molar-refractivity contribution in [2.24, 2.45) is 11.1 Å². The van der Waals surface area contributed by atoms with E-state index in [2.05, 4.69) is 30.9 Å². The van der Waals surface area contributed by atoms with E-state index in [0.717, 1.165) is 25.8 Å². The summed E-state index contributed by atoms with van der Waals surface area (Å²) in [7, 11) is 0. The lowest BCUT2D eigenvalue weighted by molar-refractivity contribution is 0.0587. The van der Waals surface area contributed by atoms with E-state index >= 15 is 0 Å². The third-order valence-electron chi connectivity index (χ3n) is 5.21. The van der Waals surface area contributed by atoms with Crippen molar-refractivity contribution in [1.82, 2.24) is 19.5 Å². The lowest BCUT2D eigenvalue weighted by Crippen LogP contribution is -2.44. The van der Waals surface area contributed by atoms with Gasteiger partial charge in [0.1, 0.15) is 11.3 Å². The first-order valence-electron chi connectivity index (χ1n) is 8.30. The molecule has 2 aromatic rings. The molecule has 2 amide bonds. The third kappa shape index (κ3) is 2.53. The topological polar surface area (TPSA) is 93.6 Å². The van der Waals surface area contributed by atoms with Crippen LogP contribution in [0.1, 0.15) is 60.9 Å². The molecule has 1 atom stereocenters. The normalized spacial score (nSPS) is 18.3. The Morgan fingerprint density at radius 1 is 1.42 bits per heavy atom. The number of rotatable bonds is 4. The molecule has 24 heavy (non-hydrogen) atoms. The second-order valence-corrected chi connectivity index (χ2v) is 6.99. The SMILES string of the molecule is CCC(C)(C)[C@@H]1CCCN1C(=O)c1ccnc2c(C(N)=O)cnn12. The summed E-state index contributed by atoms with van der Waals surface area (Å²) in [6.45, 7) is 7.29. The molecule has 3 rings (SSSR count). The Kier molecular flexibility index (Phi) is 4.03. The lowest BCUT2D eigenvalue weighted by Gasteiger charge is -2.37. The molecule has 1 saturated heterocycles. The average Bonchev–Trinajstić information content (AvgIpc) is 3.20. The maximum Gasteiger partial charge on any atom is 0.272 e. The zero-order valence-electron chi connectivity index (χ0n) is 14.3. The lowest BCUT2D eigenvalue weighted by atomic mass is 9.80. The number of hydrogen-bond acceptors (Lipinski definition) is 4. The van der Waals surface area contributed by atoms with Crippen LogP contribution < -0.4 is 5.73 Å². The zero-order chi connectivity index (χ0) is 17.5. The van der Waals surface area contributed by atoms with Gasteiger partial charge in [0.05, 0.1) is 6.20 Å². The minimum Gasteiger partial charge on any atom is -0.365 e. The van der Waals surface area contributed by atoms with Gasteiger partial charge < -0.3 is 10.6 Å². The van der Waals surface area contributed by atoms with Crippen LogP contribution >= 0.6 is 0 Å². The van der Waals surface area contributed by atoms with E-state index in [1.54, 1.807) is 6.07 Å². The molecule has 3 heterocycles. The van der Waals surface area contributed by atoms with Crippen LogP contribution in [0.5, 0.6) is 0 Å².